The van der Waals surface area contributed by atoms with Gasteiger partial charge in [-0.3, -0.25) is 4.79 Å². The van der Waals surface area contributed by atoms with Crippen molar-refractivity contribution in [2.24, 2.45) is 0 Å². The molecule has 12 heteroatoms. The lowest BCUT2D eigenvalue weighted by Gasteiger charge is -2.40. The molecule has 2 aliphatic heterocycles. The number of amides is 1. The second-order valence-corrected chi connectivity index (χ2v) is 13.4. The van der Waals surface area contributed by atoms with Crippen LogP contribution in [0.5, 0.6) is 0 Å². The first-order valence-electron chi connectivity index (χ1n) is 25.3. The third-order valence-electron chi connectivity index (χ3n) is 9.29. The number of alkyl halides is 1. The first-order valence-corrected chi connectivity index (χ1v) is 17.8. The topological polar surface area (TPSA) is 91.1 Å². The van der Waals surface area contributed by atoms with Crippen LogP contribution in [-0.2, 0) is 14.9 Å². The van der Waals surface area contributed by atoms with E-state index in [1.807, 2.05) is 0 Å². The van der Waals surface area contributed by atoms with Crippen molar-refractivity contribution in [1.82, 2.24) is 5.32 Å². The molecule has 290 valence electrons. The van der Waals surface area contributed by atoms with E-state index in [0.717, 1.165) is 62.1 Å². The summed E-state index contributed by atoms with van der Waals surface area (Å²) in [7, 11) is 0. The van der Waals surface area contributed by atoms with E-state index in [2.05, 4.69) is 5.32 Å². The highest BCUT2D eigenvalue weighted by Gasteiger charge is 2.43. The van der Waals surface area contributed by atoms with Gasteiger partial charge >= 0.3 is 5.97 Å². The number of halogens is 4. The third-order valence-corrected chi connectivity index (χ3v) is 9.56. The van der Waals surface area contributed by atoms with Crippen molar-refractivity contribution in [1.29, 1.82) is 0 Å². The summed E-state index contributed by atoms with van der Waals surface area (Å²) in [6.07, 6.45) is -7.48. The maximum Gasteiger partial charge on any atom is 0.339 e. The van der Waals surface area contributed by atoms with Gasteiger partial charge in [-0.15, -0.1) is 11.6 Å². The van der Waals surface area contributed by atoms with Gasteiger partial charge in [-0.05, 0) is 66.1 Å². The predicted molar refractivity (Wildman–Crippen MR) is 205 cm³/mol. The Labute approximate surface area is 342 Å². The quantitative estimate of drug-likeness (QED) is 0.0782. The Morgan fingerprint density at radius 1 is 0.926 bits per heavy atom. The van der Waals surface area contributed by atoms with E-state index in [4.69, 9.17) is 43.0 Å². The Morgan fingerprint density at radius 3 is 2.31 bits per heavy atom. The molecule has 0 radical (unpaired) electrons. The largest absolute Gasteiger partial charge is 0.478 e. The highest BCUT2D eigenvalue weighted by molar-refractivity contribution is 6.17. The first-order chi connectivity index (χ1) is 32.1. The van der Waals surface area contributed by atoms with Crippen LogP contribution in [0.4, 0.5) is 18.9 Å². The van der Waals surface area contributed by atoms with Crippen LogP contribution in [0.1, 0.15) is 124 Å². The molecule has 2 heterocycles. The highest BCUT2D eigenvalue weighted by Crippen LogP contribution is 2.52. The van der Waals surface area contributed by atoms with Crippen LogP contribution in [0.15, 0.2) is 47.6 Å². The molecule has 0 aromatic heterocycles. The number of nitrogens with one attached hydrogen (secondary N) is 1. The second-order valence-electron chi connectivity index (χ2n) is 13.0. The lowest BCUT2D eigenvalue weighted by molar-refractivity contribution is -0.504. The number of nitrogens with zero attached hydrogens (tertiary/aromatic N) is 2. The van der Waals surface area contributed by atoms with E-state index in [-0.39, 0.29) is 58.1 Å². The Balaban J connectivity index is 1.55. The third kappa shape index (κ3) is 8.19. The summed E-state index contributed by atoms with van der Waals surface area (Å²) in [5.41, 5.74) is -8.59. The van der Waals surface area contributed by atoms with Crippen molar-refractivity contribution in [2.45, 2.75) is 70.4 Å². The molecule has 0 saturated carbocycles. The number of hydrogen-bond donors (Lipinski definition) is 2. The van der Waals surface area contributed by atoms with Crippen LogP contribution in [-0.4, -0.2) is 92.1 Å². The number of unbranched alkanes of at least 4 members (excludes halogenated alkanes) is 3. The van der Waals surface area contributed by atoms with Crippen molar-refractivity contribution >= 4 is 40.4 Å². The average molecular weight is 785 g/mol. The number of carbonyl (C=O) groups is 2. The fourth-order valence-corrected chi connectivity index (χ4v) is 6.81. The summed E-state index contributed by atoms with van der Waals surface area (Å²) in [4.78, 5) is 26.8. The Kier molecular flexibility index (Phi) is 7.82. The number of fused-ring (bicyclic) bond motifs is 2. The number of ether oxygens (including phenoxy) is 2. The number of rotatable bonds is 16. The van der Waals surface area contributed by atoms with Crippen LogP contribution in [0.3, 0.4) is 0 Å². The van der Waals surface area contributed by atoms with Gasteiger partial charge in [0.25, 0.3) is 5.91 Å². The zero-order chi connectivity index (χ0) is 52.7. The van der Waals surface area contributed by atoms with Crippen molar-refractivity contribution in [3.8, 4) is 0 Å². The fraction of sp³-hybridized carbons (Fsp3) is 0.500. The molecule has 54 heavy (non-hydrogen) atoms. The van der Waals surface area contributed by atoms with Crippen molar-refractivity contribution < 1.29 is 63.8 Å². The number of aromatic carboxylic acids is 1. The van der Waals surface area contributed by atoms with Gasteiger partial charge in [0, 0.05) is 95.6 Å². The van der Waals surface area contributed by atoms with Crippen molar-refractivity contribution in [3.05, 3.63) is 92.8 Å². The first kappa shape index (κ1) is 23.9. The van der Waals surface area contributed by atoms with Gasteiger partial charge in [0.2, 0.25) is 0 Å². The van der Waals surface area contributed by atoms with Gasteiger partial charge in [-0.25, -0.2) is 22.5 Å². The van der Waals surface area contributed by atoms with E-state index >= 15 is 13.2 Å². The monoisotopic (exact) mass is 784 g/mol. The highest BCUT2D eigenvalue weighted by atomic mass is 35.5. The Hall–Kier alpha value is -3.93. The van der Waals surface area contributed by atoms with Crippen LogP contribution < -0.4 is 10.2 Å². The zero-order valence-corrected chi connectivity index (χ0v) is 30.3. The zero-order valence-electron chi connectivity index (χ0n) is 45.5. The van der Waals surface area contributed by atoms with Crippen molar-refractivity contribution in [2.75, 3.05) is 69.7 Å². The van der Waals surface area contributed by atoms with Gasteiger partial charge in [0.05, 0.1) is 19.8 Å². The molecular weight excluding hydrogens is 719 g/mol. The van der Waals surface area contributed by atoms with Crippen LogP contribution in [0.2, 0.25) is 0 Å². The summed E-state index contributed by atoms with van der Waals surface area (Å²) in [6.45, 7) is -10.8. The molecule has 8 nitrogen and oxygen atoms in total. The van der Waals surface area contributed by atoms with E-state index in [9.17, 15) is 14.7 Å². The van der Waals surface area contributed by atoms with Gasteiger partial charge in [-0.1, -0.05) is 32.8 Å². The summed E-state index contributed by atoms with van der Waals surface area (Å²) in [5.74, 6) is -9.50. The van der Waals surface area contributed by atoms with Gasteiger partial charge in [-0.2, -0.15) is 0 Å². The minimum atomic E-state index is -3.52. The average Bonchev–Trinajstić information content (AvgIpc) is 3.37. The number of allylic oxidation sites excluding steroid dienone is 5. The summed E-state index contributed by atoms with van der Waals surface area (Å²) in [6, 6.07) is 3.06. The summed E-state index contributed by atoms with van der Waals surface area (Å²) >= 11 is 5.67. The SMILES string of the molecule is [2H]C1([2H])N(c2ccc3c(c2)C(C)(C)C2=CC(=[N+]4C([2H])([2H])C([2H])([2H])C([2H])([2H])C4([2H])[2H])C=CC2=C3c2c(F)c(C(=O)NCCOCCOCCCCCCCl)c(F)c(F)c2C(=O)O)C([2H])([2H])C([2H])([2H])C1([2H])[2H]. The Morgan fingerprint density at radius 2 is 1.61 bits per heavy atom. The smallest absolute Gasteiger partial charge is 0.339 e. The Bertz CT molecular complexity index is 2570. The molecule has 0 unspecified atom stereocenters. The maximum atomic E-state index is 17.4. The predicted octanol–water partition coefficient (Wildman–Crippen LogP) is 7.80. The summed E-state index contributed by atoms with van der Waals surface area (Å²) < 4.78 is 197. The molecular formula is C42H50ClF3N3O5+. The molecule has 0 bridgehead atoms. The van der Waals surface area contributed by atoms with E-state index in [1.54, 1.807) is 0 Å². The number of carbonyl (C=O) groups excluding carboxylic acids is 1. The molecule has 6 rings (SSSR count). The molecule has 2 fully saturated rings. The number of hydrogen-bond acceptors (Lipinski definition) is 5. The van der Waals surface area contributed by atoms with Gasteiger partial charge in [0.1, 0.15) is 35.4 Å². The van der Waals surface area contributed by atoms with E-state index in [0.29, 0.717) is 12.5 Å². The fourth-order valence-electron chi connectivity index (χ4n) is 6.62. The number of carboxylic acids is 1. The maximum absolute atomic E-state index is 17.4. The molecule has 2 saturated heterocycles. The molecule has 2 N–H and O–H groups in total. The number of carboxylic acid groups (broad SMARTS) is 1. The number of benzene rings is 2. The summed E-state index contributed by atoms with van der Waals surface area (Å²) in [5, 5.41) is 12.7. The van der Waals surface area contributed by atoms with Crippen LogP contribution in [0.25, 0.3) is 5.57 Å². The van der Waals surface area contributed by atoms with E-state index < -0.39 is 120 Å². The normalized spacial score (nSPS) is 29.4. The lowest BCUT2D eigenvalue weighted by atomic mass is 9.64. The molecule has 1 amide bonds. The van der Waals surface area contributed by atoms with Gasteiger partial charge in [0.15, 0.2) is 17.3 Å². The second kappa shape index (κ2) is 17.7. The van der Waals surface area contributed by atoms with Crippen LogP contribution >= 0.6 is 11.6 Å². The molecule has 2 aromatic carbocycles. The van der Waals surface area contributed by atoms with Crippen LogP contribution in [0, 0.1) is 17.5 Å². The van der Waals surface area contributed by atoms with Crippen molar-refractivity contribution in [3.63, 3.8) is 0 Å². The number of anilines is 1. The minimum Gasteiger partial charge on any atom is -0.478 e. The van der Waals surface area contributed by atoms with Gasteiger partial charge < -0.3 is 24.8 Å². The molecule has 2 aromatic rings. The molecule has 2 aliphatic carbocycles. The minimum absolute atomic E-state index is 0.0729. The molecule has 0 atom stereocenters. The lowest BCUT2D eigenvalue weighted by Crippen LogP contribution is -2.33. The molecule has 4 aliphatic rings. The van der Waals surface area contributed by atoms with E-state index in [1.165, 1.54) is 13.8 Å². The molecule has 0 spiro atoms. The standard InChI is InChI=1S/C42H49ClF3N3O5/c1-42(2)31-25-27(48-17-6-7-18-48)11-13-29(31)33(30-14-12-28(26-32(30)42)49-19-8-9-20-49)34-35(41(51)52)38(45)39(46)36(37(34)44)40(50)47-16-22-54-24-23-53-21-10-4-3-5-15-43/h11-14,25-26H,3-10,15-24H2,1-2H3,(H-,47,50,51,52)/p+1/i6D2,7D2,8D2,9D2,17D2,18D2,19D2,20D2.